The number of rotatable bonds is 4. The monoisotopic (exact) mass is 216 g/mol. The zero-order valence-electron chi connectivity index (χ0n) is 10.3. The van der Waals surface area contributed by atoms with Crippen LogP contribution in [0.2, 0.25) is 0 Å². The van der Waals surface area contributed by atoms with Gasteiger partial charge in [-0.25, -0.2) is 0 Å². The second-order valence-electron chi connectivity index (χ2n) is 4.98. The molecule has 0 aromatic carbocycles. The van der Waals surface area contributed by atoms with Crippen molar-refractivity contribution < 1.29 is 9.47 Å². The lowest BCUT2D eigenvalue weighted by Crippen LogP contribution is -2.52. The molecule has 0 aliphatic carbocycles. The van der Waals surface area contributed by atoms with Crippen LogP contribution >= 0.6 is 0 Å². The second kappa shape index (κ2) is 5.80. The first kappa shape index (κ1) is 12.9. The van der Waals surface area contributed by atoms with Crippen LogP contribution in [0.4, 0.5) is 0 Å². The van der Waals surface area contributed by atoms with Crippen LogP contribution in [0.3, 0.4) is 0 Å². The first-order valence-electron chi connectivity index (χ1n) is 5.64. The average molecular weight is 216 g/mol. The fraction of sp³-hybridized carbons (Fsp3) is 1.00. The number of hydrogen-bond acceptors (Lipinski definition) is 4. The molecule has 1 saturated heterocycles. The Morgan fingerprint density at radius 1 is 1.40 bits per heavy atom. The van der Waals surface area contributed by atoms with E-state index in [0.717, 1.165) is 19.5 Å². The maximum Gasteiger partial charge on any atom is 0.0975 e. The van der Waals surface area contributed by atoms with Crippen LogP contribution in [0.5, 0.6) is 0 Å². The molecule has 0 bridgehead atoms. The molecule has 1 rings (SSSR count). The van der Waals surface area contributed by atoms with Crippen molar-refractivity contribution in [1.82, 2.24) is 10.6 Å². The highest BCUT2D eigenvalue weighted by atomic mass is 16.5. The van der Waals surface area contributed by atoms with Gasteiger partial charge in [-0.1, -0.05) is 0 Å². The minimum absolute atomic E-state index is 0.0809. The summed E-state index contributed by atoms with van der Waals surface area (Å²) < 4.78 is 11.0. The zero-order valence-corrected chi connectivity index (χ0v) is 10.3. The number of nitrogens with one attached hydrogen (secondary N) is 2. The summed E-state index contributed by atoms with van der Waals surface area (Å²) in [6.45, 7) is 8.74. The van der Waals surface area contributed by atoms with Crippen LogP contribution in [0.25, 0.3) is 0 Å². The average Bonchev–Trinajstić information content (AvgIpc) is 2.16. The Morgan fingerprint density at radius 2 is 2.13 bits per heavy atom. The molecule has 0 aromatic heterocycles. The van der Waals surface area contributed by atoms with Gasteiger partial charge in [-0.05, 0) is 33.7 Å². The summed E-state index contributed by atoms with van der Waals surface area (Å²) >= 11 is 0. The van der Waals surface area contributed by atoms with Crippen LogP contribution in [0.1, 0.15) is 27.2 Å². The van der Waals surface area contributed by atoms with E-state index in [2.05, 4.69) is 31.4 Å². The van der Waals surface area contributed by atoms with Gasteiger partial charge in [0.2, 0.25) is 0 Å². The minimum atomic E-state index is -0.0809. The summed E-state index contributed by atoms with van der Waals surface area (Å²) in [6.07, 6.45) is 1.34. The highest BCUT2D eigenvalue weighted by Gasteiger charge is 2.24. The molecule has 15 heavy (non-hydrogen) atoms. The summed E-state index contributed by atoms with van der Waals surface area (Å²) in [6, 6.07) is 0.401. The first-order valence-corrected chi connectivity index (χ1v) is 5.64. The molecule has 2 unspecified atom stereocenters. The van der Waals surface area contributed by atoms with Gasteiger partial charge in [0.25, 0.3) is 0 Å². The molecule has 1 aliphatic rings. The Kier molecular flexibility index (Phi) is 4.99. The van der Waals surface area contributed by atoms with Gasteiger partial charge in [-0.15, -0.1) is 0 Å². The van der Waals surface area contributed by atoms with Crippen molar-refractivity contribution in [3.05, 3.63) is 0 Å². The summed E-state index contributed by atoms with van der Waals surface area (Å²) in [4.78, 5) is 0. The lowest BCUT2D eigenvalue weighted by Gasteiger charge is -2.32. The fourth-order valence-corrected chi connectivity index (χ4v) is 1.68. The van der Waals surface area contributed by atoms with Crippen molar-refractivity contribution in [2.24, 2.45) is 0 Å². The van der Waals surface area contributed by atoms with E-state index in [1.165, 1.54) is 0 Å². The normalized spacial score (nSPS) is 28.0. The number of hydrogen-bond donors (Lipinski definition) is 2. The standard InChI is InChI=1S/C11H24N2O2/c1-11(2,3)15-8-13-9-5-6-12-7-10(9)14-4/h9-10,12-13H,5-8H2,1-4H3. The van der Waals surface area contributed by atoms with Crippen molar-refractivity contribution in [3.8, 4) is 0 Å². The molecular weight excluding hydrogens is 192 g/mol. The highest BCUT2D eigenvalue weighted by molar-refractivity contribution is 4.83. The second-order valence-corrected chi connectivity index (χ2v) is 4.98. The fourth-order valence-electron chi connectivity index (χ4n) is 1.68. The molecule has 4 nitrogen and oxygen atoms in total. The molecular formula is C11H24N2O2. The Balaban J connectivity index is 2.23. The van der Waals surface area contributed by atoms with E-state index < -0.39 is 0 Å². The molecule has 4 heteroatoms. The molecule has 1 fully saturated rings. The van der Waals surface area contributed by atoms with Gasteiger partial charge in [-0.3, -0.25) is 5.32 Å². The van der Waals surface area contributed by atoms with Gasteiger partial charge >= 0.3 is 0 Å². The highest BCUT2D eigenvalue weighted by Crippen LogP contribution is 2.09. The van der Waals surface area contributed by atoms with Crippen molar-refractivity contribution in [2.75, 3.05) is 26.9 Å². The topological polar surface area (TPSA) is 42.5 Å². The van der Waals surface area contributed by atoms with Crippen molar-refractivity contribution in [1.29, 1.82) is 0 Å². The third kappa shape index (κ3) is 4.93. The molecule has 1 aliphatic heterocycles. The van der Waals surface area contributed by atoms with Gasteiger partial charge in [-0.2, -0.15) is 0 Å². The van der Waals surface area contributed by atoms with E-state index in [9.17, 15) is 0 Å². The smallest absolute Gasteiger partial charge is 0.0975 e. The molecule has 90 valence electrons. The van der Waals surface area contributed by atoms with E-state index in [4.69, 9.17) is 9.47 Å². The third-order valence-corrected chi connectivity index (χ3v) is 2.58. The number of methoxy groups -OCH3 is 1. The Morgan fingerprint density at radius 3 is 2.73 bits per heavy atom. The van der Waals surface area contributed by atoms with Gasteiger partial charge in [0.15, 0.2) is 0 Å². The first-order chi connectivity index (χ1) is 7.03. The maximum atomic E-state index is 5.64. The predicted octanol–water partition coefficient (Wildman–Crippen LogP) is 0.725. The Labute approximate surface area is 92.7 Å². The van der Waals surface area contributed by atoms with Crippen LogP contribution in [0, 0.1) is 0 Å². The van der Waals surface area contributed by atoms with Gasteiger partial charge < -0.3 is 14.8 Å². The van der Waals surface area contributed by atoms with E-state index in [1.807, 2.05) is 0 Å². The summed E-state index contributed by atoms with van der Waals surface area (Å²) in [7, 11) is 1.76. The van der Waals surface area contributed by atoms with Crippen LogP contribution in [-0.2, 0) is 9.47 Å². The van der Waals surface area contributed by atoms with E-state index in [-0.39, 0.29) is 11.7 Å². The van der Waals surface area contributed by atoms with Crippen molar-refractivity contribution in [2.45, 2.75) is 44.9 Å². The molecule has 0 aromatic rings. The minimum Gasteiger partial charge on any atom is -0.379 e. The molecule has 2 atom stereocenters. The molecule has 2 N–H and O–H groups in total. The summed E-state index contributed by atoms with van der Waals surface area (Å²) in [5, 5.41) is 6.71. The number of ether oxygens (including phenoxy) is 2. The maximum absolute atomic E-state index is 5.64. The largest absolute Gasteiger partial charge is 0.379 e. The molecule has 0 radical (unpaired) electrons. The molecule has 0 spiro atoms. The number of piperidine rings is 1. The van der Waals surface area contributed by atoms with Crippen molar-refractivity contribution >= 4 is 0 Å². The van der Waals surface area contributed by atoms with Gasteiger partial charge in [0, 0.05) is 19.7 Å². The molecule has 1 heterocycles. The van der Waals surface area contributed by atoms with Crippen LogP contribution in [0.15, 0.2) is 0 Å². The van der Waals surface area contributed by atoms with Crippen molar-refractivity contribution in [3.63, 3.8) is 0 Å². The van der Waals surface area contributed by atoms with Crippen LogP contribution < -0.4 is 10.6 Å². The SMILES string of the molecule is COC1CNCCC1NCOC(C)(C)C. The van der Waals surface area contributed by atoms with E-state index >= 15 is 0 Å². The molecule has 0 amide bonds. The summed E-state index contributed by atoms with van der Waals surface area (Å²) in [5.74, 6) is 0. The lowest BCUT2D eigenvalue weighted by molar-refractivity contribution is -0.0321. The van der Waals surface area contributed by atoms with Crippen LogP contribution in [-0.4, -0.2) is 44.7 Å². The Bertz CT molecular complexity index is 180. The predicted molar refractivity (Wildman–Crippen MR) is 60.9 cm³/mol. The Hall–Kier alpha value is -0.160. The quantitative estimate of drug-likeness (QED) is 0.680. The lowest BCUT2D eigenvalue weighted by atomic mass is 10.0. The third-order valence-electron chi connectivity index (χ3n) is 2.58. The zero-order chi connectivity index (χ0) is 11.3. The summed E-state index contributed by atoms with van der Waals surface area (Å²) in [5.41, 5.74) is -0.0809. The molecule has 0 saturated carbocycles. The van der Waals surface area contributed by atoms with Gasteiger partial charge in [0.05, 0.1) is 18.4 Å². The van der Waals surface area contributed by atoms with E-state index in [1.54, 1.807) is 7.11 Å². The van der Waals surface area contributed by atoms with Gasteiger partial charge in [0.1, 0.15) is 0 Å². The van der Waals surface area contributed by atoms with E-state index in [0.29, 0.717) is 12.8 Å².